The molecule has 0 fully saturated rings. The number of amides is 1. The summed E-state index contributed by atoms with van der Waals surface area (Å²) in [5.41, 5.74) is 6.64. The molecule has 0 atom stereocenters. The van der Waals surface area contributed by atoms with E-state index >= 15 is 0 Å². The lowest BCUT2D eigenvalue weighted by molar-refractivity contribution is -0.112. The fourth-order valence-corrected chi connectivity index (χ4v) is 3.54. The molecule has 3 N–H and O–H groups in total. The van der Waals surface area contributed by atoms with E-state index in [1.807, 2.05) is 26.0 Å². The van der Waals surface area contributed by atoms with Gasteiger partial charge in [-0.15, -0.1) is 5.10 Å². The summed E-state index contributed by atoms with van der Waals surface area (Å²) in [4.78, 5) is 24.4. The van der Waals surface area contributed by atoms with Crippen LogP contribution in [0.3, 0.4) is 0 Å². The van der Waals surface area contributed by atoms with Crippen LogP contribution in [-0.2, 0) is 9.53 Å². The van der Waals surface area contributed by atoms with E-state index in [0.29, 0.717) is 16.8 Å². The Morgan fingerprint density at radius 1 is 1.09 bits per heavy atom. The fraction of sp³-hybridized carbons (Fsp3) is 0.154. The number of rotatable bonds is 6. The van der Waals surface area contributed by atoms with Gasteiger partial charge in [-0.1, -0.05) is 30.3 Å². The van der Waals surface area contributed by atoms with Crippen molar-refractivity contribution in [2.75, 3.05) is 17.0 Å². The van der Waals surface area contributed by atoms with Crippen LogP contribution < -0.4 is 10.4 Å². The van der Waals surface area contributed by atoms with Gasteiger partial charge in [0.05, 0.1) is 23.5 Å². The molecule has 0 radical (unpaired) electrons. The van der Waals surface area contributed by atoms with Crippen LogP contribution in [0.1, 0.15) is 28.4 Å². The van der Waals surface area contributed by atoms with Gasteiger partial charge in [-0.05, 0) is 67.8 Å². The molecule has 0 unspecified atom stereocenters. The summed E-state index contributed by atoms with van der Waals surface area (Å²) in [6.07, 6.45) is 0. The van der Waals surface area contributed by atoms with E-state index in [4.69, 9.17) is 4.74 Å². The number of hydrogen-bond donors (Lipinski definition) is 3. The fourth-order valence-electron chi connectivity index (χ4n) is 3.54. The quantitative estimate of drug-likeness (QED) is 0.357. The predicted octanol–water partition coefficient (Wildman–Crippen LogP) is 4.54. The molecule has 3 aromatic carbocycles. The number of benzene rings is 3. The lowest BCUT2D eigenvalue weighted by Gasteiger charge is -2.13. The van der Waals surface area contributed by atoms with Crippen LogP contribution in [0.15, 0.2) is 70.9 Å². The lowest BCUT2D eigenvalue weighted by atomic mass is 10.0. The number of phenols is 1. The standard InChI is InChI=1S/C26H24N4O5/c1-4-35-24-22(25(32)30(29-24)19-12-11-15(2)16(3)13-19)28-27-21-10-6-9-20(23(21)31)17-7-5-8-18(14-17)26(33)34/h5-14,27,31H,4H2,1-3H3,(H,33,34). The van der Waals surface area contributed by atoms with Gasteiger partial charge in [0.25, 0.3) is 5.90 Å². The van der Waals surface area contributed by atoms with Gasteiger partial charge in [-0.3, -0.25) is 10.2 Å². The molecule has 1 amide bonds. The maximum atomic E-state index is 13.1. The third kappa shape index (κ3) is 4.70. The van der Waals surface area contributed by atoms with Crippen LogP contribution in [0.25, 0.3) is 11.1 Å². The normalized spacial score (nSPS) is 14.3. The highest BCUT2D eigenvalue weighted by Gasteiger charge is 2.35. The molecule has 3 aromatic rings. The average Bonchev–Trinajstić information content (AvgIpc) is 3.15. The van der Waals surface area contributed by atoms with E-state index in [1.165, 1.54) is 17.1 Å². The lowest BCUT2D eigenvalue weighted by Crippen LogP contribution is -2.29. The summed E-state index contributed by atoms with van der Waals surface area (Å²) in [5, 5.41) is 29.8. The number of carboxylic acid groups (broad SMARTS) is 1. The van der Waals surface area contributed by atoms with Gasteiger partial charge in [0.2, 0.25) is 5.71 Å². The number of anilines is 2. The summed E-state index contributed by atoms with van der Waals surface area (Å²) in [5.74, 6) is -1.63. The molecule has 0 saturated heterocycles. The molecule has 178 valence electrons. The van der Waals surface area contributed by atoms with E-state index in [1.54, 1.807) is 43.3 Å². The van der Waals surface area contributed by atoms with E-state index in [2.05, 4.69) is 15.6 Å². The molecule has 0 aromatic heterocycles. The zero-order valence-electron chi connectivity index (χ0n) is 19.4. The summed E-state index contributed by atoms with van der Waals surface area (Å²) >= 11 is 0. The van der Waals surface area contributed by atoms with Crippen LogP contribution in [0, 0.1) is 13.8 Å². The number of para-hydroxylation sites is 1. The largest absolute Gasteiger partial charge is 0.505 e. The van der Waals surface area contributed by atoms with Gasteiger partial charge >= 0.3 is 11.9 Å². The van der Waals surface area contributed by atoms with Crippen LogP contribution in [-0.4, -0.2) is 40.3 Å². The highest BCUT2D eigenvalue weighted by atomic mass is 16.5. The Morgan fingerprint density at radius 2 is 1.86 bits per heavy atom. The Kier molecular flexibility index (Phi) is 6.50. The molecule has 9 nitrogen and oxygen atoms in total. The molecule has 1 heterocycles. The minimum Gasteiger partial charge on any atom is -0.505 e. The van der Waals surface area contributed by atoms with Crippen LogP contribution in [0.2, 0.25) is 0 Å². The van der Waals surface area contributed by atoms with Gasteiger partial charge < -0.3 is 14.9 Å². The maximum Gasteiger partial charge on any atom is 0.335 e. The van der Waals surface area contributed by atoms with Crippen molar-refractivity contribution in [3.05, 3.63) is 77.4 Å². The van der Waals surface area contributed by atoms with Crippen LogP contribution in [0.5, 0.6) is 5.75 Å². The highest BCUT2D eigenvalue weighted by molar-refractivity contribution is 6.70. The third-order valence-corrected chi connectivity index (χ3v) is 5.55. The summed E-state index contributed by atoms with van der Waals surface area (Å²) in [6, 6.07) is 16.7. The number of phenolic OH excluding ortho intramolecular Hbond substituents is 1. The van der Waals surface area contributed by atoms with Crippen molar-refractivity contribution in [2.24, 2.45) is 10.2 Å². The first-order valence-corrected chi connectivity index (χ1v) is 10.9. The number of aromatic carboxylic acids is 1. The topological polar surface area (TPSA) is 124 Å². The first kappa shape index (κ1) is 23.5. The average molecular weight is 473 g/mol. The minimum atomic E-state index is -1.07. The molecule has 0 saturated carbocycles. The van der Waals surface area contributed by atoms with Crippen molar-refractivity contribution in [3.63, 3.8) is 0 Å². The predicted molar refractivity (Wildman–Crippen MR) is 134 cm³/mol. The molecule has 9 heteroatoms. The molecule has 1 aliphatic heterocycles. The van der Waals surface area contributed by atoms with Crippen molar-refractivity contribution in [1.29, 1.82) is 0 Å². The van der Waals surface area contributed by atoms with Crippen molar-refractivity contribution < 1.29 is 24.5 Å². The van der Waals surface area contributed by atoms with E-state index in [0.717, 1.165) is 11.1 Å². The molecule has 4 rings (SSSR count). The third-order valence-electron chi connectivity index (χ3n) is 5.55. The molecular weight excluding hydrogens is 448 g/mol. The SMILES string of the molecule is CCOC1=NN(c2ccc(C)c(C)c2)C(=O)C1=NNc1cccc(-c2cccc(C(=O)O)c2)c1O. The zero-order valence-corrected chi connectivity index (χ0v) is 19.4. The molecule has 0 spiro atoms. The van der Waals surface area contributed by atoms with Crippen molar-refractivity contribution in [3.8, 4) is 16.9 Å². The number of aromatic hydroxyl groups is 1. The number of nitrogens with one attached hydrogen (secondary N) is 1. The monoisotopic (exact) mass is 472 g/mol. The first-order valence-electron chi connectivity index (χ1n) is 10.9. The van der Waals surface area contributed by atoms with Crippen molar-refractivity contribution in [1.82, 2.24) is 0 Å². The Morgan fingerprint density at radius 3 is 2.57 bits per heavy atom. The molecule has 0 aliphatic carbocycles. The first-order chi connectivity index (χ1) is 16.8. The number of hydrogen-bond acceptors (Lipinski definition) is 7. The summed E-state index contributed by atoms with van der Waals surface area (Å²) in [6.45, 7) is 5.99. The number of hydrazone groups is 2. The number of nitrogens with zero attached hydrogens (tertiary/aromatic N) is 3. The number of aryl methyl sites for hydroxylation is 2. The van der Waals surface area contributed by atoms with E-state index in [-0.39, 0.29) is 35.2 Å². The van der Waals surface area contributed by atoms with Crippen molar-refractivity contribution >= 4 is 34.9 Å². The molecular formula is C26H24N4O5. The second kappa shape index (κ2) is 9.68. The van der Waals surface area contributed by atoms with Crippen LogP contribution in [0.4, 0.5) is 11.4 Å². The summed E-state index contributed by atoms with van der Waals surface area (Å²) < 4.78 is 5.54. The van der Waals surface area contributed by atoms with Gasteiger partial charge in [0.1, 0.15) is 5.75 Å². The Balaban J connectivity index is 1.65. The van der Waals surface area contributed by atoms with E-state index < -0.39 is 11.9 Å². The molecule has 35 heavy (non-hydrogen) atoms. The Hall–Kier alpha value is -4.66. The molecule has 1 aliphatic rings. The second-order valence-electron chi connectivity index (χ2n) is 7.88. The van der Waals surface area contributed by atoms with Gasteiger partial charge in [-0.2, -0.15) is 10.1 Å². The summed E-state index contributed by atoms with van der Waals surface area (Å²) in [7, 11) is 0. The maximum absolute atomic E-state index is 13.1. The van der Waals surface area contributed by atoms with Gasteiger partial charge in [0.15, 0.2) is 0 Å². The van der Waals surface area contributed by atoms with Crippen molar-refractivity contribution in [2.45, 2.75) is 20.8 Å². The van der Waals surface area contributed by atoms with Crippen LogP contribution >= 0.6 is 0 Å². The number of carboxylic acids is 1. The molecule has 0 bridgehead atoms. The number of carbonyl (C=O) groups is 2. The van der Waals surface area contributed by atoms with E-state index in [9.17, 15) is 19.8 Å². The van der Waals surface area contributed by atoms with Gasteiger partial charge in [-0.25, -0.2) is 4.79 Å². The zero-order chi connectivity index (χ0) is 25.1. The number of carbonyl (C=O) groups excluding carboxylic acids is 1. The van der Waals surface area contributed by atoms with Gasteiger partial charge in [0, 0.05) is 5.56 Å². The second-order valence-corrected chi connectivity index (χ2v) is 7.88. The number of ether oxygens (including phenoxy) is 1. The highest BCUT2D eigenvalue weighted by Crippen LogP contribution is 2.36. The Labute approximate surface area is 202 Å². The minimum absolute atomic E-state index is 0.0391. The smallest absolute Gasteiger partial charge is 0.335 e. The Bertz CT molecular complexity index is 1380.